The van der Waals surface area contributed by atoms with E-state index in [9.17, 15) is 18.0 Å². The van der Waals surface area contributed by atoms with E-state index >= 15 is 0 Å². The van der Waals surface area contributed by atoms with Gasteiger partial charge in [0.25, 0.3) is 0 Å². The monoisotopic (exact) mass is 437 g/mol. The van der Waals surface area contributed by atoms with Gasteiger partial charge >= 0.3 is 11.8 Å². The Hall–Kier alpha value is -1.97. The molecule has 0 radical (unpaired) electrons. The Morgan fingerprint density at radius 1 is 1.07 bits per heavy atom. The Kier molecular flexibility index (Phi) is 7.85. The minimum atomic E-state index is -3.59. The zero-order chi connectivity index (χ0) is 21.6. The number of nitrogens with zero attached hydrogens (tertiary/aromatic N) is 1. The lowest BCUT2D eigenvalue weighted by molar-refractivity contribution is -0.139. The predicted molar refractivity (Wildman–Crippen MR) is 112 cm³/mol. The van der Waals surface area contributed by atoms with E-state index in [4.69, 9.17) is 4.74 Å². The molecule has 2 atom stereocenters. The average molecular weight is 438 g/mol. The number of hydrogen-bond donors (Lipinski definition) is 2. The summed E-state index contributed by atoms with van der Waals surface area (Å²) in [5, 5.41) is 5.20. The van der Waals surface area contributed by atoms with E-state index in [2.05, 4.69) is 10.6 Å². The molecule has 2 amide bonds. The van der Waals surface area contributed by atoms with Crippen LogP contribution in [0, 0.1) is 6.92 Å². The molecule has 2 aliphatic rings. The first-order chi connectivity index (χ1) is 14.4. The van der Waals surface area contributed by atoms with Crippen molar-refractivity contribution < 1.29 is 22.7 Å². The van der Waals surface area contributed by atoms with Gasteiger partial charge in [0.2, 0.25) is 10.0 Å². The summed E-state index contributed by atoms with van der Waals surface area (Å²) in [5.41, 5.74) is 1.00. The fourth-order valence-corrected chi connectivity index (χ4v) is 5.67. The van der Waals surface area contributed by atoms with Gasteiger partial charge in [0.1, 0.15) is 0 Å². The van der Waals surface area contributed by atoms with Crippen molar-refractivity contribution in [3.05, 3.63) is 29.8 Å². The summed E-state index contributed by atoms with van der Waals surface area (Å²) in [5.74, 6) is -1.38. The van der Waals surface area contributed by atoms with Crippen molar-refractivity contribution in [2.24, 2.45) is 0 Å². The van der Waals surface area contributed by atoms with E-state index in [0.29, 0.717) is 26.1 Å². The van der Waals surface area contributed by atoms with Crippen LogP contribution in [0.2, 0.25) is 0 Å². The SMILES string of the molecule is Cc1ccc(S(=O)(=O)N2CCCC[C@H]2CCNC(=O)C(=O)NC[C@H]2CCCO2)cc1. The maximum Gasteiger partial charge on any atom is 0.309 e. The van der Waals surface area contributed by atoms with Crippen molar-refractivity contribution in [3.63, 3.8) is 0 Å². The molecule has 2 N–H and O–H groups in total. The van der Waals surface area contributed by atoms with Gasteiger partial charge in [-0.1, -0.05) is 24.1 Å². The standard InChI is InChI=1S/C21H31N3O5S/c1-16-7-9-19(10-8-16)30(27,28)24-13-3-2-5-17(24)11-12-22-20(25)21(26)23-15-18-6-4-14-29-18/h7-10,17-18H,2-6,11-15H2,1H3,(H,22,25)(H,23,26)/t17-,18+/m0/s1. The van der Waals surface area contributed by atoms with Crippen LogP contribution in [0.15, 0.2) is 29.2 Å². The van der Waals surface area contributed by atoms with Gasteiger partial charge in [0, 0.05) is 32.3 Å². The van der Waals surface area contributed by atoms with Gasteiger partial charge in [0.05, 0.1) is 11.0 Å². The zero-order valence-corrected chi connectivity index (χ0v) is 18.2. The van der Waals surface area contributed by atoms with Crippen LogP contribution in [-0.2, 0) is 24.3 Å². The number of carbonyl (C=O) groups is 2. The predicted octanol–water partition coefficient (Wildman–Crippen LogP) is 1.34. The van der Waals surface area contributed by atoms with Crippen LogP contribution < -0.4 is 10.6 Å². The third-order valence-electron chi connectivity index (χ3n) is 5.68. The van der Waals surface area contributed by atoms with Gasteiger partial charge in [0.15, 0.2) is 0 Å². The van der Waals surface area contributed by atoms with E-state index in [1.165, 1.54) is 0 Å². The van der Waals surface area contributed by atoms with Gasteiger partial charge in [-0.05, 0) is 51.2 Å². The third-order valence-corrected chi connectivity index (χ3v) is 7.65. The highest BCUT2D eigenvalue weighted by Gasteiger charge is 2.33. The van der Waals surface area contributed by atoms with Gasteiger partial charge in [-0.2, -0.15) is 4.31 Å². The lowest BCUT2D eigenvalue weighted by Gasteiger charge is -2.34. The summed E-state index contributed by atoms with van der Waals surface area (Å²) in [6, 6.07) is 6.66. The first-order valence-corrected chi connectivity index (χ1v) is 12.1. The number of nitrogens with one attached hydrogen (secondary N) is 2. The van der Waals surface area contributed by atoms with Crippen LogP contribution in [0.1, 0.15) is 44.1 Å². The van der Waals surface area contributed by atoms with Gasteiger partial charge in [-0.15, -0.1) is 0 Å². The van der Waals surface area contributed by atoms with E-state index in [0.717, 1.165) is 37.7 Å². The average Bonchev–Trinajstić information content (AvgIpc) is 3.26. The summed E-state index contributed by atoms with van der Waals surface area (Å²) in [6.45, 7) is 3.65. The highest BCUT2D eigenvalue weighted by atomic mass is 32.2. The van der Waals surface area contributed by atoms with E-state index in [-0.39, 0.29) is 23.6 Å². The largest absolute Gasteiger partial charge is 0.376 e. The minimum absolute atomic E-state index is 0.0236. The van der Waals surface area contributed by atoms with Crippen LogP contribution >= 0.6 is 0 Å². The topological polar surface area (TPSA) is 105 Å². The second-order valence-corrected chi connectivity index (χ2v) is 9.86. The maximum atomic E-state index is 13.1. The Morgan fingerprint density at radius 2 is 1.80 bits per heavy atom. The molecular formula is C21H31N3O5S. The normalized spacial score (nSPS) is 22.6. The fourth-order valence-electron chi connectivity index (χ4n) is 3.95. The molecule has 8 nitrogen and oxygen atoms in total. The number of ether oxygens (including phenoxy) is 1. The molecule has 1 aromatic rings. The van der Waals surface area contributed by atoms with Crippen molar-refractivity contribution in [3.8, 4) is 0 Å². The van der Waals surface area contributed by atoms with E-state index < -0.39 is 21.8 Å². The lowest BCUT2D eigenvalue weighted by Crippen LogP contribution is -2.47. The number of aryl methyl sites for hydroxylation is 1. The number of sulfonamides is 1. The smallest absolute Gasteiger partial charge is 0.309 e. The van der Waals surface area contributed by atoms with Crippen molar-refractivity contribution >= 4 is 21.8 Å². The van der Waals surface area contributed by atoms with Gasteiger partial charge < -0.3 is 15.4 Å². The molecule has 9 heteroatoms. The quantitative estimate of drug-likeness (QED) is 0.627. The van der Waals surface area contributed by atoms with Crippen molar-refractivity contribution in [1.29, 1.82) is 0 Å². The first-order valence-electron chi connectivity index (χ1n) is 10.6. The lowest BCUT2D eigenvalue weighted by atomic mass is 10.0. The molecular weight excluding hydrogens is 406 g/mol. The molecule has 166 valence electrons. The third kappa shape index (κ3) is 5.80. The Morgan fingerprint density at radius 3 is 2.50 bits per heavy atom. The Labute approximate surface area is 178 Å². The summed E-state index contributed by atoms with van der Waals surface area (Å²) < 4.78 is 33.1. The molecule has 2 aliphatic heterocycles. The molecule has 1 aromatic carbocycles. The van der Waals surface area contributed by atoms with Crippen molar-refractivity contribution in [2.45, 2.75) is 62.5 Å². The number of benzene rings is 1. The highest BCUT2D eigenvalue weighted by molar-refractivity contribution is 7.89. The molecule has 0 unspecified atom stereocenters. The molecule has 0 saturated carbocycles. The highest BCUT2D eigenvalue weighted by Crippen LogP contribution is 2.27. The van der Waals surface area contributed by atoms with Crippen LogP contribution in [0.4, 0.5) is 0 Å². The van der Waals surface area contributed by atoms with Gasteiger partial charge in [-0.3, -0.25) is 9.59 Å². The second kappa shape index (κ2) is 10.4. The first kappa shape index (κ1) is 22.7. The number of carbonyl (C=O) groups excluding carboxylic acids is 2. The maximum absolute atomic E-state index is 13.1. The Bertz CT molecular complexity index is 835. The zero-order valence-electron chi connectivity index (χ0n) is 17.4. The van der Waals surface area contributed by atoms with Crippen molar-refractivity contribution in [2.75, 3.05) is 26.2 Å². The number of amides is 2. The summed E-state index contributed by atoms with van der Waals surface area (Å²) in [4.78, 5) is 24.2. The van der Waals surface area contributed by atoms with Gasteiger partial charge in [-0.25, -0.2) is 8.42 Å². The molecule has 2 saturated heterocycles. The number of hydrogen-bond acceptors (Lipinski definition) is 5. The fraction of sp³-hybridized carbons (Fsp3) is 0.619. The van der Waals surface area contributed by atoms with Crippen LogP contribution in [-0.4, -0.2) is 62.9 Å². The summed E-state index contributed by atoms with van der Waals surface area (Å²) >= 11 is 0. The minimum Gasteiger partial charge on any atom is -0.376 e. The Balaban J connectivity index is 1.51. The molecule has 0 aliphatic carbocycles. The van der Waals surface area contributed by atoms with Crippen molar-refractivity contribution in [1.82, 2.24) is 14.9 Å². The molecule has 0 spiro atoms. The molecule has 0 aromatic heterocycles. The molecule has 30 heavy (non-hydrogen) atoms. The molecule has 0 bridgehead atoms. The summed E-state index contributed by atoms with van der Waals surface area (Å²) in [6.07, 6.45) is 4.80. The van der Waals surface area contributed by atoms with E-state index in [1.54, 1.807) is 28.6 Å². The van der Waals surface area contributed by atoms with Crippen LogP contribution in [0.25, 0.3) is 0 Å². The molecule has 2 heterocycles. The number of piperidine rings is 1. The van der Waals surface area contributed by atoms with Crippen LogP contribution in [0.5, 0.6) is 0 Å². The molecule has 2 fully saturated rings. The number of rotatable bonds is 7. The second-order valence-electron chi connectivity index (χ2n) is 7.97. The van der Waals surface area contributed by atoms with Crippen LogP contribution in [0.3, 0.4) is 0 Å². The summed E-state index contributed by atoms with van der Waals surface area (Å²) in [7, 11) is -3.59. The van der Waals surface area contributed by atoms with E-state index in [1.807, 2.05) is 6.92 Å². The molecule has 3 rings (SSSR count).